The SMILES string of the molecule is O=C(c1ccccc1)c1ccc(N2CCN(Cc3cccs3)CC2)c([N+](=O)[O-])c1. The molecule has 0 N–H and O–H groups in total. The van der Waals surface area contributed by atoms with Crippen molar-refractivity contribution >= 4 is 28.5 Å². The minimum atomic E-state index is -0.394. The number of hydrogen-bond donors (Lipinski definition) is 0. The second-order valence-corrected chi connectivity index (χ2v) is 8.03. The van der Waals surface area contributed by atoms with Gasteiger partial charge < -0.3 is 4.90 Å². The molecule has 6 nitrogen and oxygen atoms in total. The second-order valence-electron chi connectivity index (χ2n) is 7.00. The second kappa shape index (κ2) is 8.55. The zero-order valence-corrected chi connectivity index (χ0v) is 16.7. The van der Waals surface area contributed by atoms with Crippen molar-refractivity contribution in [3.05, 3.63) is 92.2 Å². The van der Waals surface area contributed by atoms with Gasteiger partial charge in [0.15, 0.2) is 5.78 Å². The Morgan fingerprint density at radius 2 is 1.72 bits per heavy atom. The van der Waals surface area contributed by atoms with E-state index in [0.717, 1.165) is 32.7 Å². The standard InChI is InChI=1S/C22H21N3O3S/c26-22(17-5-2-1-3-6-17)18-8-9-20(21(15-18)25(27)28)24-12-10-23(11-13-24)16-19-7-4-14-29-19/h1-9,14-15H,10-13,16H2. The Kier molecular flexibility index (Phi) is 5.69. The monoisotopic (exact) mass is 407 g/mol. The fourth-order valence-electron chi connectivity index (χ4n) is 3.60. The molecule has 0 atom stereocenters. The summed E-state index contributed by atoms with van der Waals surface area (Å²) in [4.78, 5) is 29.7. The van der Waals surface area contributed by atoms with Gasteiger partial charge in [-0.05, 0) is 23.6 Å². The Morgan fingerprint density at radius 3 is 2.38 bits per heavy atom. The average Bonchev–Trinajstić information content (AvgIpc) is 3.27. The van der Waals surface area contributed by atoms with Gasteiger partial charge in [-0.1, -0.05) is 36.4 Å². The molecule has 0 saturated carbocycles. The quantitative estimate of drug-likeness (QED) is 0.348. The van der Waals surface area contributed by atoms with Crippen molar-refractivity contribution in [2.45, 2.75) is 6.54 Å². The molecule has 0 radical (unpaired) electrons. The summed E-state index contributed by atoms with van der Waals surface area (Å²) in [5.74, 6) is -0.207. The number of nitro benzene ring substituents is 1. The fraction of sp³-hybridized carbons (Fsp3) is 0.227. The molecule has 7 heteroatoms. The van der Waals surface area contributed by atoms with Gasteiger partial charge in [-0.2, -0.15) is 0 Å². The highest BCUT2D eigenvalue weighted by Crippen LogP contribution is 2.31. The van der Waals surface area contributed by atoms with E-state index < -0.39 is 4.92 Å². The van der Waals surface area contributed by atoms with Crippen molar-refractivity contribution in [3.8, 4) is 0 Å². The van der Waals surface area contributed by atoms with E-state index in [4.69, 9.17) is 0 Å². The van der Waals surface area contributed by atoms with Crippen molar-refractivity contribution < 1.29 is 9.72 Å². The van der Waals surface area contributed by atoms with Crippen LogP contribution in [0.1, 0.15) is 20.8 Å². The van der Waals surface area contributed by atoms with Gasteiger partial charge in [0, 0.05) is 54.8 Å². The highest BCUT2D eigenvalue weighted by molar-refractivity contribution is 7.09. The van der Waals surface area contributed by atoms with Crippen LogP contribution < -0.4 is 4.90 Å². The summed E-state index contributed by atoms with van der Waals surface area (Å²) >= 11 is 1.75. The van der Waals surface area contributed by atoms with E-state index in [1.165, 1.54) is 10.9 Å². The Morgan fingerprint density at radius 1 is 0.966 bits per heavy atom. The van der Waals surface area contributed by atoms with Crippen molar-refractivity contribution in [3.63, 3.8) is 0 Å². The number of rotatable bonds is 6. The van der Waals surface area contributed by atoms with E-state index in [9.17, 15) is 14.9 Å². The largest absolute Gasteiger partial charge is 0.363 e. The molecule has 29 heavy (non-hydrogen) atoms. The normalized spacial score (nSPS) is 14.7. The number of anilines is 1. The zero-order valence-electron chi connectivity index (χ0n) is 15.9. The number of carbonyl (C=O) groups is 1. The van der Waals surface area contributed by atoms with Crippen LogP contribution in [0.5, 0.6) is 0 Å². The molecule has 1 aliphatic heterocycles. The first kappa shape index (κ1) is 19.3. The highest BCUT2D eigenvalue weighted by Gasteiger charge is 2.25. The van der Waals surface area contributed by atoms with Crippen LogP contribution in [0.25, 0.3) is 0 Å². The highest BCUT2D eigenvalue weighted by atomic mass is 32.1. The first-order valence-electron chi connectivity index (χ1n) is 9.50. The molecular weight excluding hydrogens is 386 g/mol. The van der Waals surface area contributed by atoms with Crippen LogP contribution in [-0.2, 0) is 6.54 Å². The van der Waals surface area contributed by atoms with E-state index in [-0.39, 0.29) is 11.5 Å². The third-order valence-electron chi connectivity index (χ3n) is 5.14. The maximum absolute atomic E-state index is 12.7. The molecule has 0 amide bonds. The van der Waals surface area contributed by atoms with E-state index in [1.54, 1.807) is 47.7 Å². The zero-order chi connectivity index (χ0) is 20.2. The Balaban J connectivity index is 1.50. The third-order valence-corrected chi connectivity index (χ3v) is 6.00. The minimum Gasteiger partial charge on any atom is -0.363 e. The molecule has 0 aliphatic carbocycles. The van der Waals surface area contributed by atoms with Crippen LogP contribution in [0.2, 0.25) is 0 Å². The van der Waals surface area contributed by atoms with Crippen LogP contribution in [0.4, 0.5) is 11.4 Å². The number of benzene rings is 2. The number of piperazine rings is 1. The molecular formula is C22H21N3O3S. The first-order valence-corrected chi connectivity index (χ1v) is 10.4. The summed E-state index contributed by atoms with van der Waals surface area (Å²) < 4.78 is 0. The van der Waals surface area contributed by atoms with Crippen LogP contribution in [0.3, 0.4) is 0 Å². The van der Waals surface area contributed by atoms with Crippen LogP contribution in [0, 0.1) is 10.1 Å². The first-order chi connectivity index (χ1) is 14.1. The summed E-state index contributed by atoms with van der Waals surface area (Å²) in [5.41, 5.74) is 1.42. The van der Waals surface area contributed by atoms with Crippen molar-refractivity contribution in [2.24, 2.45) is 0 Å². The number of carbonyl (C=O) groups excluding carboxylic acids is 1. The lowest BCUT2D eigenvalue weighted by Crippen LogP contribution is -2.46. The number of ketones is 1. The Hall–Kier alpha value is -3.03. The van der Waals surface area contributed by atoms with Gasteiger partial charge in [0.05, 0.1) is 4.92 Å². The average molecular weight is 407 g/mol. The Labute approximate surface area is 173 Å². The summed E-state index contributed by atoms with van der Waals surface area (Å²) in [6.45, 7) is 4.05. The predicted octanol–water partition coefficient (Wildman–Crippen LogP) is 4.21. The van der Waals surface area contributed by atoms with Gasteiger partial charge in [0.2, 0.25) is 0 Å². The predicted molar refractivity (Wildman–Crippen MR) is 115 cm³/mol. The van der Waals surface area contributed by atoms with Crippen LogP contribution in [0.15, 0.2) is 66.0 Å². The molecule has 1 saturated heterocycles. The van der Waals surface area contributed by atoms with Gasteiger partial charge >= 0.3 is 0 Å². The van der Waals surface area contributed by atoms with E-state index in [0.29, 0.717) is 16.8 Å². The molecule has 1 fully saturated rings. The number of nitrogens with zero attached hydrogens (tertiary/aromatic N) is 3. The van der Waals surface area contributed by atoms with E-state index in [1.807, 2.05) is 11.0 Å². The van der Waals surface area contributed by atoms with Gasteiger partial charge in [-0.3, -0.25) is 19.8 Å². The lowest BCUT2D eigenvalue weighted by molar-refractivity contribution is -0.384. The van der Waals surface area contributed by atoms with Gasteiger partial charge in [-0.15, -0.1) is 11.3 Å². The molecule has 1 aliphatic rings. The third kappa shape index (κ3) is 4.36. The number of nitro groups is 1. The molecule has 2 heterocycles. The molecule has 3 aromatic rings. The summed E-state index contributed by atoms with van der Waals surface area (Å²) in [6.07, 6.45) is 0. The maximum Gasteiger partial charge on any atom is 0.293 e. The topological polar surface area (TPSA) is 66.7 Å². The Bertz CT molecular complexity index is 997. The minimum absolute atomic E-state index is 0.0153. The van der Waals surface area contributed by atoms with Gasteiger partial charge in [0.25, 0.3) is 5.69 Å². The summed E-state index contributed by atoms with van der Waals surface area (Å²) in [7, 11) is 0. The van der Waals surface area contributed by atoms with Crippen LogP contribution >= 0.6 is 11.3 Å². The number of thiophene rings is 1. The lowest BCUT2D eigenvalue weighted by atomic mass is 10.0. The van der Waals surface area contributed by atoms with Crippen molar-refractivity contribution in [1.82, 2.24) is 4.90 Å². The molecule has 0 unspecified atom stereocenters. The maximum atomic E-state index is 12.7. The molecule has 4 rings (SSSR count). The molecule has 2 aromatic carbocycles. The smallest absolute Gasteiger partial charge is 0.293 e. The van der Waals surface area contributed by atoms with Crippen molar-refractivity contribution in [2.75, 3.05) is 31.1 Å². The van der Waals surface area contributed by atoms with Gasteiger partial charge in [-0.25, -0.2) is 0 Å². The molecule has 148 valence electrons. The summed E-state index contributed by atoms with van der Waals surface area (Å²) in [5, 5.41) is 13.8. The fourth-order valence-corrected chi connectivity index (χ4v) is 4.35. The lowest BCUT2D eigenvalue weighted by Gasteiger charge is -2.35. The van der Waals surface area contributed by atoms with Crippen LogP contribution in [-0.4, -0.2) is 41.8 Å². The van der Waals surface area contributed by atoms with Gasteiger partial charge in [0.1, 0.15) is 5.69 Å². The molecule has 0 bridgehead atoms. The van der Waals surface area contributed by atoms with E-state index in [2.05, 4.69) is 22.4 Å². The molecule has 1 aromatic heterocycles. The van der Waals surface area contributed by atoms with E-state index >= 15 is 0 Å². The molecule has 0 spiro atoms. The number of hydrogen-bond acceptors (Lipinski definition) is 6. The van der Waals surface area contributed by atoms with Crippen molar-refractivity contribution in [1.29, 1.82) is 0 Å². The summed E-state index contributed by atoms with van der Waals surface area (Å²) in [6, 6.07) is 17.8.